The van der Waals surface area contributed by atoms with E-state index < -0.39 is 7.59 Å². The Labute approximate surface area is 151 Å². The molecule has 0 saturated heterocycles. The van der Waals surface area contributed by atoms with Gasteiger partial charge in [0.05, 0.1) is 0 Å². The van der Waals surface area contributed by atoms with E-state index in [0.29, 0.717) is 12.0 Å². The molecule has 1 heterocycles. The van der Waals surface area contributed by atoms with E-state index >= 15 is 0 Å². The molecule has 0 spiro atoms. The number of aromatic nitrogens is 3. The fourth-order valence-corrected chi connectivity index (χ4v) is 1.91. The van der Waals surface area contributed by atoms with Crippen molar-refractivity contribution in [1.82, 2.24) is 15.0 Å². The first kappa shape index (κ1) is 17.1. The van der Waals surface area contributed by atoms with Crippen molar-refractivity contribution in [1.29, 1.82) is 0 Å². The van der Waals surface area contributed by atoms with Crippen LogP contribution in [0.4, 0.5) is 0 Å². The van der Waals surface area contributed by atoms with Gasteiger partial charge in [-0.1, -0.05) is 87.5 Å². The zero-order valence-corrected chi connectivity index (χ0v) is 14.6. The summed E-state index contributed by atoms with van der Waals surface area (Å²) in [4.78, 5) is 12.1. The standard InChI is InChI=1S/C12H5Cl6N3/c13-11(14,15)9-19-8(7-5-3-1-2-4-6-7)20-10(21-9)12(16,17)18/h3,5-6H,4H2. The summed E-state index contributed by atoms with van der Waals surface area (Å²) in [5.74, 6) is 5.70. The molecule has 1 aliphatic rings. The summed E-state index contributed by atoms with van der Waals surface area (Å²) in [5.41, 5.74) is 0.654. The summed E-state index contributed by atoms with van der Waals surface area (Å²) in [7, 11) is 0. The first-order valence-electron chi connectivity index (χ1n) is 5.44. The molecule has 0 N–H and O–H groups in total. The van der Waals surface area contributed by atoms with Crippen LogP contribution in [0.3, 0.4) is 0 Å². The normalized spacial score (nSPS) is 15.0. The molecule has 2 rings (SSSR count). The van der Waals surface area contributed by atoms with Crippen molar-refractivity contribution in [3.8, 4) is 11.8 Å². The smallest absolute Gasteiger partial charge is 0.209 e. The van der Waals surface area contributed by atoms with Crippen LogP contribution in [0, 0.1) is 11.8 Å². The topological polar surface area (TPSA) is 38.7 Å². The lowest BCUT2D eigenvalue weighted by Crippen LogP contribution is -2.17. The minimum absolute atomic E-state index is 0.127. The van der Waals surface area contributed by atoms with Gasteiger partial charge in [-0.2, -0.15) is 0 Å². The Morgan fingerprint density at radius 3 is 2.00 bits per heavy atom. The molecule has 0 radical (unpaired) electrons. The zero-order valence-electron chi connectivity index (χ0n) is 10.0. The number of nitrogens with zero attached hydrogens (tertiary/aromatic N) is 3. The van der Waals surface area contributed by atoms with Crippen LogP contribution in [-0.2, 0) is 7.59 Å². The van der Waals surface area contributed by atoms with E-state index in [9.17, 15) is 0 Å². The molecule has 21 heavy (non-hydrogen) atoms. The van der Waals surface area contributed by atoms with Gasteiger partial charge in [0.1, 0.15) is 0 Å². The molecule has 110 valence electrons. The van der Waals surface area contributed by atoms with Crippen LogP contribution in [0.25, 0.3) is 5.57 Å². The third-order valence-electron chi connectivity index (χ3n) is 2.27. The Bertz CT molecular complexity index is 641. The van der Waals surface area contributed by atoms with Crippen molar-refractivity contribution in [3.63, 3.8) is 0 Å². The highest BCUT2D eigenvalue weighted by Crippen LogP contribution is 2.40. The molecule has 0 saturated carbocycles. The lowest BCUT2D eigenvalue weighted by atomic mass is 10.2. The Kier molecular flexibility index (Phi) is 5.31. The number of allylic oxidation sites excluding steroid dienone is 4. The van der Waals surface area contributed by atoms with Crippen molar-refractivity contribution in [2.24, 2.45) is 0 Å². The summed E-state index contributed by atoms with van der Waals surface area (Å²) >= 11 is 34.9. The molecule has 0 aromatic carbocycles. The molecule has 1 aliphatic carbocycles. The number of hydrogen-bond donors (Lipinski definition) is 0. The number of rotatable bonds is 1. The highest BCUT2D eigenvalue weighted by Gasteiger charge is 2.34. The van der Waals surface area contributed by atoms with Crippen LogP contribution < -0.4 is 0 Å². The van der Waals surface area contributed by atoms with Gasteiger partial charge in [0.2, 0.25) is 7.59 Å². The Morgan fingerprint density at radius 2 is 1.48 bits per heavy atom. The van der Waals surface area contributed by atoms with Crippen molar-refractivity contribution < 1.29 is 0 Å². The average molecular weight is 404 g/mol. The molecule has 0 aliphatic heterocycles. The maximum absolute atomic E-state index is 5.81. The lowest BCUT2D eigenvalue weighted by molar-refractivity contribution is 0.832. The van der Waals surface area contributed by atoms with Crippen molar-refractivity contribution >= 4 is 75.2 Å². The van der Waals surface area contributed by atoms with Gasteiger partial charge in [0.25, 0.3) is 0 Å². The van der Waals surface area contributed by atoms with Crippen LogP contribution in [0.2, 0.25) is 0 Å². The number of hydrogen-bond acceptors (Lipinski definition) is 3. The Balaban J connectivity index is 2.58. The largest absolute Gasteiger partial charge is 0.250 e. The van der Waals surface area contributed by atoms with Crippen LogP contribution in [0.15, 0.2) is 18.2 Å². The van der Waals surface area contributed by atoms with Gasteiger partial charge in [-0.15, -0.1) is 0 Å². The minimum Gasteiger partial charge on any atom is -0.209 e. The second kappa shape index (κ2) is 6.50. The highest BCUT2D eigenvalue weighted by molar-refractivity contribution is 6.67. The molecule has 3 nitrogen and oxygen atoms in total. The first-order chi connectivity index (χ1) is 9.68. The van der Waals surface area contributed by atoms with Crippen molar-refractivity contribution in [2.75, 3.05) is 0 Å². The second-order valence-electron chi connectivity index (χ2n) is 3.82. The summed E-state index contributed by atoms with van der Waals surface area (Å²) in [6.07, 6.45) is 5.72. The molecule has 0 amide bonds. The fourth-order valence-electron chi connectivity index (χ4n) is 1.40. The van der Waals surface area contributed by atoms with E-state index in [0.717, 1.165) is 0 Å². The van der Waals surface area contributed by atoms with Gasteiger partial charge in [0.15, 0.2) is 17.5 Å². The lowest BCUT2D eigenvalue weighted by Gasteiger charge is -2.15. The van der Waals surface area contributed by atoms with E-state index in [4.69, 9.17) is 69.6 Å². The second-order valence-corrected chi connectivity index (χ2v) is 8.38. The van der Waals surface area contributed by atoms with Gasteiger partial charge in [-0.05, 0) is 12.2 Å². The number of alkyl halides is 6. The quantitative estimate of drug-likeness (QED) is 0.496. The number of halogens is 6. The average Bonchev–Trinajstić information content (AvgIpc) is 2.65. The van der Waals surface area contributed by atoms with E-state index in [1.807, 2.05) is 6.08 Å². The van der Waals surface area contributed by atoms with Gasteiger partial charge in [0, 0.05) is 12.0 Å². The predicted octanol–water partition coefficient (Wildman–Crippen LogP) is 4.87. The Hall–Kier alpha value is -0.210. The van der Waals surface area contributed by atoms with Crippen LogP contribution >= 0.6 is 69.6 Å². The van der Waals surface area contributed by atoms with E-state index in [2.05, 4.69) is 26.8 Å². The maximum Gasteiger partial charge on any atom is 0.250 e. The third-order valence-corrected chi connectivity index (χ3v) is 3.29. The van der Waals surface area contributed by atoms with Crippen LogP contribution in [0.5, 0.6) is 0 Å². The third kappa shape index (κ3) is 4.63. The summed E-state index contributed by atoms with van der Waals surface area (Å²) in [6, 6.07) is 0. The molecule has 0 bridgehead atoms. The fraction of sp³-hybridized carbons (Fsp3) is 0.250. The van der Waals surface area contributed by atoms with E-state index in [1.165, 1.54) is 0 Å². The molecule has 0 unspecified atom stereocenters. The highest BCUT2D eigenvalue weighted by atomic mass is 35.6. The minimum atomic E-state index is -1.87. The van der Waals surface area contributed by atoms with Crippen LogP contribution in [-0.4, -0.2) is 15.0 Å². The van der Waals surface area contributed by atoms with E-state index in [1.54, 1.807) is 12.2 Å². The molecular weight excluding hydrogens is 399 g/mol. The van der Waals surface area contributed by atoms with Crippen LogP contribution in [0.1, 0.15) is 23.9 Å². The van der Waals surface area contributed by atoms with E-state index in [-0.39, 0.29) is 17.5 Å². The molecule has 1 aromatic heterocycles. The maximum atomic E-state index is 5.81. The summed E-state index contributed by atoms with van der Waals surface area (Å²) in [5, 5.41) is 0. The van der Waals surface area contributed by atoms with Crippen molar-refractivity contribution in [3.05, 3.63) is 35.7 Å². The van der Waals surface area contributed by atoms with Gasteiger partial charge in [-0.25, -0.2) is 15.0 Å². The zero-order chi connectivity index (χ0) is 15.7. The molecule has 9 heteroatoms. The predicted molar refractivity (Wildman–Crippen MR) is 87.8 cm³/mol. The molecule has 0 fully saturated rings. The SMILES string of the molecule is ClC(Cl)(Cl)c1nc(C2=CCC#CC=C2)nc(C(Cl)(Cl)Cl)n1. The molecule has 0 atom stereocenters. The first-order valence-corrected chi connectivity index (χ1v) is 7.70. The summed E-state index contributed by atoms with van der Waals surface area (Å²) in [6.45, 7) is 0. The summed E-state index contributed by atoms with van der Waals surface area (Å²) < 4.78 is -3.73. The monoisotopic (exact) mass is 401 g/mol. The van der Waals surface area contributed by atoms with Gasteiger partial charge < -0.3 is 0 Å². The Morgan fingerprint density at radius 1 is 0.905 bits per heavy atom. The molecular formula is C12H5Cl6N3. The molecule has 1 aromatic rings. The van der Waals surface area contributed by atoms with Gasteiger partial charge >= 0.3 is 0 Å². The van der Waals surface area contributed by atoms with Crippen molar-refractivity contribution in [2.45, 2.75) is 14.0 Å². The van der Waals surface area contributed by atoms with Gasteiger partial charge in [-0.3, -0.25) is 0 Å².